The molecule has 0 heterocycles. The van der Waals surface area contributed by atoms with Crippen LogP contribution in [0.2, 0.25) is 0 Å². The lowest BCUT2D eigenvalue weighted by Crippen LogP contribution is -2.09. The molecule has 0 aliphatic carbocycles. The largest absolute Gasteiger partial charge is 0.311 e. The van der Waals surface area contributed by atoms with E-state index in [1.165, 1.54) is 65.3 Å². The van der Waals surface area contributed by atoms with Gasteiger partial charge in [-0.3, -0.25) is 0 Å². The van der Waals surface area contributed by atoms with E-state index >= 15 is 0 Å². The molecule has 1 heteroatoms. The summed E-state index contributed by atoms with van der Waals surface area (Å²) in [5.41, 5.74) is 8.22. The Labute approximate surface area is 274 Å². The Hall–Kier alpha value is -6.18. The van der Waals surface area contributed by atoms with Gasteiger partial charge in [-0.15, -0.1) is 0 Å². The number of fused-ring (bicyclic) bond motifs is 4. The van der Waals surface area contributed by atoms with Gasteiger partial charge in [0.25, 0.3) is 0 Å². The molecule has 9 aromatic carbocycles. The van der Waals surface area contributed by atoms with Crippen molar-refractivity contribution in [1.82, 2.24) is 0 Å². The summed E-state index contributed by atoms with van der Waals surface area (Å²) in [6, 6.07) is 68.3. The molecule has 0 unspecified atom stereocenters. The lowest BCUT2D eigenvalue weighted by atomic mass is 9.98. The Morgan fingerprint density at radius 1 is 0.213 bits per heavy atom. The van der Waals surface area contributed by atoms with Gasteiger partial charge in [0.15, 0.2) is 0 Å². The lowest BCUT2D eigenvalue weighted by molar-refractivity contribution is 1.28. The first-order chi connectivity index (χ1) is 23.2. The molecule has 9 aromatic rings. The lowest BCUT2D eigenvalue weighted by Gasteiger charge is -2.26. The molecule has 0 amide bonds. The summed E-state index contributed by atoms with van der Waals surface area (Å²) in [5, 5.41) is 10.1. The van der Waals surface area contributed by atoms with Gasteiger partial charge in [0, 0.05) is 17.1 Å². The Morgan fingerprint density at radius 3 is 0.957 bits per heavy atom. The third-order valence-corrected chi connectivity index (χ3v) is 9.34. The molecule has 0 radical (unpaired) electrons. The molecule has 220 valence electrons. The molecular formula is C46H31N. The maximum Gasteiger partial charge on any atom is 0.0462 e. The van der Waals surface area contributed by atoms with Crippen LogP contribution in [0.3, 0.4) is 0 Å². The van der Waals surface area contributed by atoms with Crippen LogP contribution in [0.25, 0.3) is 65.3 Å². The van der Waals surface area contributed by atoms with E-state index in [-0.39, 0.29) is 0 Å². The Kier molecular flexibility index (Phi) is 6.54. The van der Waals surface area contributed by atoms with Crippen molar-refractivity contribution < 1.29 is 0 Å². The minimum absolute atomic E-state index is 1.12. The van der Waals surface area contributed by atoms with Crippen LogP contribution >= 0.6 is 0 Å². The van der Waals surface area contributed by atoms with Crippen molar-refractivity contribution in [3.63, 3.8) is 0 Å². The average molecular weight is 598 g/mol. The molecule has 0 bridgehead atoms. The number of benzene rings is 9. The van der Waals surface area contributed by atoms with Crippen molar-refractivity contribution >= 4 is 60.2 Å². The smallest absolute Gasteiger partial charge is 0.0462 e. The topological polar surface area (TPSA) is 3.24 Å². The quantitative estimate of drug-likeness (QED) is 0.178. The summed E-state index contributed by atoms with van der Waals surface area (Å²) in [6.45, 7) is 0. The van der Waals surface area contributed by atoms with Crippen LogP contribution in [0.1, 0.15) is 0 Å². The minimum Gasteiger partial charge on any atom is -0.311 e. The third-order valence-electron chi connectivity index (χ3n) is 9.34. The van der Waals surface area contributed by atoms with Crippen LogP contribution in [-0.2, 0) is 0 Å². The fourth-order valence-corrected chi connectivity index (χ4v) is 6.87. The van der Waals surface area contributed by atoms with E-state index in [0.717, 1.165) is 17.1 Å². The van der Waals surface area contributed by atoms with Gasteiger partial charge in [-0.05, 0) is 138 Å². The molecular weight excluding hydrogens is 567 g/mol. The minimum atomic E-state index is 1.12. The highest BCUT2D eigenvalue weighted by Crippen LogP contribution is 2.37. The highest BCUT2D eigenvalue weighted by atomic mass is 15.1. The molecule has 0 aromatic heterocycles. The van der Waals surface area contributed by atoms with Crippen LogP contribution in [0.15, 0.2) is 188 Å². The van der Waals surface area contributed by atoms with E-state index in [9.17, 15) is 0 Å². The van der Waals surface area contributed by atoms with Crippen LogP contribution in [0, 0.1) is 0 Å². The van der Waals surface area contributed by atoms with Gasteiger partial charge in [0.05, 0.1) is 0 Å². The fourth-order valence-electron chi connectivity index (χ4n) is 6.87. The number of nitrogens with zero attached hydrogens (tertiary/aromatic N) is 1. The van der Waals surface area contributed by atoms with Gasteiger partial charge in [-0.25, -0.2) is 0 Å². The normalized spacial score (nSPS) is 11.4. The predicted molar refractivity (Wildman–Crippen MR) is 202 cm³/mol. The second kappa shape index (κ2) is 11.3. The second-order valence-electron chi connectivity index (χ2n) is 12.3. The summed E-state index contributed by atoms with van der Waals surface area (Å²) in [7, 11) is 0. The maximum absolute atomic E-state index is 2.33. The standard InChI is InChI=1S/C46H31N/c1-2-12-44(13-3-1)47(45-22-18-32(19-23-45)38-14-16-40-26-34-8-4-6-10-36(34)28-42(40)30-38)46-24-20-33(21-25-46)39-15-17-41-27-35-9-5-7-11-37(35)29-43(41)31-39/h1-31H. The summed E-state index contributed by atoms with van der Waals surface area (Å²) < 4.78 is 0. The van der Waals surface area contributed by atoms with E-state index in [0.29, 0.717) is 0 Å². The predicted octanol–water partition coefficient (Wildman–Crippen LogP) is 13.1. The summed E-state index contributed by atoms with van der Waals surface area (Å²) in [5.74, 6) is 0. The highest BCUT2D eigenvalue weighted by molar-refractivity contribution is 6.01. The third kappa shape index (κ3) is 5.09. The van der Waals surface area contributed by atoms with Crippen LogP contribution in [0.5, 0.6) is 0 Å². The van der Waals surface area contributed by atoms with Crippen LogP contribution in [0.4, 0.5) is 17.1 Å². The first-order valence-electron chi connectivity index (χ1n) is 16.2. The molecule has 0 saturated carbocycles. The van der Waals surface area contributed by atoms with Crippen molar-refractivity contribution in [2.75, 3.05) is 4.90 Å². The Morgan fingerprint density at radius 2 is 0.532 bits per heavy atom. The van der Waals surface area contributed by atoms with Crippen molar-refractivity contribution in [1.29, 1.82) is 0 Å². The van der Waals surface area contributed by atoms with E-state index < -0.39 is 0 Å². The zero-order valence-electron chi connectivity index (χ0n) is 25.8. The number of hydrogen-bond donors (Lipinski definition) is 0. The van der Waals surface area contributed by atoms with Crippen molar-refractivity contribution in [3.8, 4) is 22.3 Å². The van der Waals surface area contributed by atoms with E-state index in [2.05, 4.69) is 193 Å². The molecule has 0 atom stereocenters. The molecule has 0 spiro atoms. The Bertz CT molecular complexity index is 2380. The fraction of sp³-hybridized carbons (Fsp3) is 0. The van der Waals surface area contributed by atoms with Crippen molar-refractivity contribution in [2.45, 2.75) is 0 Å². The molecule has 0 aliphatic rings. The zero-order chi connectivity index (χ0) is 31.2. The molecule has 0 aliphatic heterocycles. The first-order valence-corrected chi connectivity index (χ1v) is 16.2. The van der Waals surface area contributed by atoms with Gasteiger partial charge in [-0.1, -0.05) is 115 Å². The summed E-state index contributed by atoms with van der Waals surface area (Å²) in [4.78, 5) is 2.33. The van der Waals surface area contributed by atoms with Crippen LogP contribution < -0.4 is 4.90 Å². The molecule has 0 N–H and O–H groups in total. The van der Waals surface area contributed by atoms with E-state index in [1.54, 1.807) is 0 Å². The average Bonchev–Trinajstić information content (AvgIpc) is 3.14. The number of para-hydroxylation sites is 1. The molecule has 1 nitrogen and oxygen atoms in total. The number of rotatable bonds is 5. The van der Waals surface area contributed by atoms with Crippen molar-refractivity contribution in [2.24, 2.45) is 0 Å². The van der Waals surface area contributed by atoms with Gasteiger partial charge < -0.3 is 4.90 Å². The highest BCUT2D eigenvalue weighted by Gasteiger charge is 2.13. The maximum atomic E-state index is 2.33. The molecule has 9 rings (SSSR count). The van der Waals surface area contributed by atoms with Crippen molar-refractivity contribution in [3.05, 3.63) is 188 Å². The SMILES string of the molecule is c1ccc(N(c2ccc(-c3ccc4cc5ccccc5cc4c3)cc2)c2ccc(-c3ccc4cc5ccccc5cc4c3)cc2)cc1. The van der Waals surface area contributed by atoms with Crippen LogP contribution in [-0.4, -0.2) is 0 Å². The summed E-state index contributed by atoms with van der Waals surface area (Å²) >= 11 is 0. The Balaban J connectivity index is 1.05. The summed E-state index contributed by atoms with van der Waals surface area (Å²) in [6.07, 6.45) is 0. The van der Waals surface area contributed by atoms with Gasteiger partial charge in [0.1, 0.15) is 0 Å². The second-order valence-corrected chi connectivity index (χ2v) is 12.3. The van der Waals surface area contributed by atoms with E-state index in [4.69, 9.17) is 0 Å². The van der Waals surface area contributed by atoms with Gasteiger partial charge >= 0.3 is 0 Å². The molecule has 0 saturated heterocycles. The zero-order valence-corrected chi connectivity index (χ0v) is 25.8. The van der Waals surface area contributed by atoms with Gasteiger partial charge in [-0.2, -0.15) is 0 Å². The van der Waals surface area contributed by atoms with Gasteiger partial charge in [0.2, 0.25) is 0 Å². The monoisotopic (exact) mass is 597 g/mol. The first kappa shape index (κ1) is 27.2. The molecule has 47 heavy (non-hydrogen) atoms. The number of hydrogen-bond acceptors (Lipinski definition) is 1. The molecule has 0 fully saturated rings. The number of anilines is 3. The van der Waals surface area contributed by atoms with E-state index in [1.807, 2.05) is 0 Å².